The van der Waals surface area contributed by atoms with E-state index in [-0.39, 0.29) is 11.7 Å². The summed E-state index contributed by atoms with van der Waals surface area (Å²) >= 11 is 1.18. The normalized spacial score (nSPS) is 10.1. The first-order valence-electron chi connectivity index (χ1n) is 5.72. The number of carbonyl (C=O) groups is 2. The lowest BCUT2D eigenvalue weighted by Gasteiger charge is -2.07. The Morgan fingerprint density at radius 3 is 2.70 bits per heavy atom. The van der Waals surface area contributed by atoms with E-state index in [0.29, 0.717) is 27.8 Å². The highest BCUT2D eigenvalue weighted by molar-refractivity contribution is 7.14. The van der Waals surface area contributed by atoms with E-state index in [1.165, 1.54) is 25.4 Å². The number of benzene rings is 1. The van der Waals surface area contributed by atoms with E-state index in [1.807, 2.05) is 0 Å². The number of nitrogen functional groups attached to an aromatic ring is 1. The molecule has 0 aliphatic heterocycles. The van der Waals surface area contributed by atoms with Crippen LogP contribution < -0.4 is 15.8 Å². The number of nitrogens with two attached hydrogens (primary N) is 1. The van der Waals surface area contributed by atoms with Crippen LogP contribution in [0.3, 0.4) is 0 Å². The first-order valence-corrected chi connectivity index (χ1v) is 6.60. The summed E-state index contributed by atoms with van der Waals surface area (Å²) in [6.07, 6.45) is 0. The highest BCUT2D eigenvalue weighted by Gasteiger charge is 2.13. The van der Waals surface area contributed by atoms with Gasteiger partial charge in [-0.1, -0.05) is 0 Å². The molecule has 0 fully saturated rings. The summed E-state index contributed by atoms with van der Waals surface area (Å²) in [7, 11) is 1.52. The van der Waals surface area contributed by atoms with Crippen LogP contribution in [0.4, 0.5) is 10.8 Å². The Hall–Kier alpha value is -2.41. The van der Waals surface area contributed by atoms with Crippen molar-refractivity contribution in [1.82, 2.24) is 4.98 Å². The Bertz CT molecular complexity index is 667. The van der Waals surface area contributed by atoms with Gasteiger partial charge in [-0.25, -0.2) is 4.98 Å². The molecule has 0 bridgehead atoms. The number of anilines is 2. The lowest BCUT2D eigenvalue weighted by molar-refractivity contribution is 0.100. The van der Waals surface area contributed by atoms with E-state index in [9.17, 15) is 9.59 Å². The number of aromatic nitrogens is 1. The van der Waals surface area contributed by atoms with Crippen molar-refractivity contribution in [2.45, 2.75) is 6.92 Å². The number of Topliss-reactive ketones (excluding diaryl/α,β-unsaturated/α-hetero) is 1. The molecule has 0 spiro atoms. The average Bonchev–Trinajstić information content (AvgIpc) is 2.87. The van der Waals surface area contributed by atoms with E-state index in [4.69, 9.17) is 10.5 Å². The van der Waals surface area contributed by atoms with Crippen LogP contribution in [-0.4, -0.2) is 23.8 Å². The van der Waals surface area contributed by atoms with Gasteiger partial charge in [0.1, 0.15) is 11.4 Å². The fourth-order valence-corrected chi connectivity index (χ4v) is 2.28. The third-order valence-electron chi connectivity index (χ3n) is 2.59. The fraction of sp³-hybridized carbons (Fsp3) is 0.154. The monoisotopic (exact) mass is 291 g/mol. The molecule has 0 radical (unpaired) electrons. The van der Waals surface area contributed by atoms with Gasteiger partial charge in [0.25, 0.3) is 5.91 Å². The summed E-state index contributed by atoms with van der Waals surface area (Å²) in [5.41, 5.74) is 6.75. The van der Waals surface area contributed by atoms with Crippen LogP contribution >= 0.6 is 11.3 Å². The maximum atomic E-state index is 12.1. The van der Waals surface area contributed by atoms with Gasteiger partial charge in [0.05, 0.1) is 12.7 Å². The second-order valence-electron chi connectivity index (χ2n) is 4.00. The largest absolute Gasteiger partial charge is 0.497 e. The van der Waals surface area contributed by atoms with Crippen LogP contribution in [0.15, 0.2) is 23.6 Å². The summed E-state index contributed by atoms with van der Waals surface area (Å²) in [6, 6.07) is 4.79. The molecule has 1 heterocycles. The molecule has 1 amide bonds. The minimum absolute atomic E-state index is 0.147. The molecule has 0 saturated heterocycles. The summed E-state index contributed by atoms with van der Waals surface area (Å²) in [5, 5.41) is 4.56. The van der Waals surface area contributed by atoms with Gasteiger partial charge in [-0.15, -0.1) is 11.3 Å². The van der Waals surface area contributed by atoms with Gasteiger partial charge in [-0.2, -0.15) is 0 Å². The Balaban J connectivity index is 2.17. The molecule has 0 aliphatic carbocycles. The summed E-state index contributed by atoms with van der Waals surface area (Å²) in [5.74, 6) is 0.0486. The Kier molecular flexibility index (Phi) is 3.99. The van der Waals surface area contributed by atoms with Crippen LogP contribution in [0.1, 0.15) is 27.8 Å². The lowest BCUT2D eigenvalue weighted by atomic mass is 10.1. The van der Waals surface area contributed by atoms with Crippen LogP contribution in [0, 0.1) is 0 Å². The standard InChI is InChI=1S/C13H13N3O3S/c1-7(17)11-6-20-13(15-11)16-12(18)9-4-3-8(19-2)5-10(9)14/h3-6H,14H2,1-2H3,(H,15,16,18). The predicted octanol–water partition coefficient (Wildman–Crippen LogP) is 2.19. The molecule has 0 saturated carbocycles. The van der Waals surface area contributed by atoms with Gasteiger partial charge in [0, 0.05) is 24.1 Å². The molecule has 7 heteroatoms. The number of hydrogen-bond donors (Lipinski definition) is 2. The van der Waals surface area contributed by atoms with Gasteiger partial charge in [0.2, 0.25) is 0 Å². The number of nitrogens with one attached hydrogen (secondary N) is 1. The van der Waals surface area contributed by atoms with Crippen LogP contribution in [-0.2, 0) is 0 Å². The predicted molar refractivity (Wildman–Crippen MR) is 77.5 cm³/mol. The number of ether oxygens (including phenoxy) is 1. The first-order chi connectivity index (χ1) is 9.51. The van der Waals surface area contributed by atoms with Crippen molar-refractivity contribution < 1.29 is 14.3 Å². The van der Waals surface area contributed by atoms with Gasteiger partial charge in [-0.3, -0.25) is 14.9 Å². The van der Waals surface area contributed by atoms with E-state index in [2.05, 4.69) is 10.3 Å². The van der Waals surface area contributed by atoms with E-state index in [0.717, 1.165) is 0 Å². The molecule has 0 atom stereocenters. The molecular weight excluding hydrogens is 278 g/mol. The number of rotatable bonds is 4. The molecule has 1 aromatic carbocycles. The average molecular weight is 291 g/mol. The minimum atomic E-state index is -0.380. The highest BCUT2D eigenvalue weighted by Crippen LogP contribution is 2.22. The molecule has 0 unspecified atom stereocenters. The second-order valence-corrected chi connectivity index (χ2v) is 4.86. The number of ketones is 1. The number of methoxy groups -OCH3 is 1. The minimum Gasteiger partial charge on any atom is -0.497 e. The zero-order valence-corrected chi connectivity index (χ0v) is 11.8. The molecule has 20 heavy (non-hydrogen) atoms. The van der Waals surface area contributed by atoms with Crippen molar-refractivity contribution in [2.24, 2.45) is 0 Å². The topological polar surface area (TPSA) is 94.3 Å². The summed E-state index contributed by atoms with van der Waals surface area (Å²) in [4.78, 5) is 27.2. The molecular formula is C13H13N3O3S. The number of nitrogens with zero attached hydrogens (tertiary/aromatic N) is 1. The molecule has 0 aliphatic rings. The van der Waals surface area contributed by atoms with Crippen molar-refractivity contribution in [3.63, 3.8) is 0 Å². The van der Waals surface area contributed by atoms with Crippen LogP contribution in [0.5, 0.6) is 5.75 Å². The van der Waals surface area contributed by atoms with Gasteiger partial charge in [0.15, 0.2) is 10.9 Å². The number of carbonyl (C=O) groups excluding carboxylic acids is 2. The second kappa shape index (κ2) is 5.70. The number of hydrogen-bond acceptors (Lipinski definition) is 6. The van der Waals surface area contributed by atoms with E-state index in [1.54, 1.807) is 23.6 Å². The van der Waals surface area contributed by atoms with Crippen molar-refractivity contribution >= 4 is 33.8 Å². The first kappa shape index (κ1) is 14.0. The Morgan fingerprint density at radius 1 is 1.40 bits per heavy atom. The fourth-order valence-electron chi connectivity index (χ4n) is 1.53. The van der Waals surface area contributed by atoms with Crippen molar-refractivity contribution in [3.05, 3.63) is 34.8 Å². The molecule has 2 aromatic rings. The van der Waals surface area contributed by atoms with Crippen LogP contribution in [0.25, 0.3) is 0 Å². The van der Waals surface area contributed by atoms with Gasteiger partial charge >= 0.3 is 0 Å². The summed E-state index contributed by atoms with van der Waals surface area (Å²) in [6.45, 7) is 1.42. The summed E-state index contributed by atoms with van der Waals surface area (Å²) < 4.78 is 5.02. The van der Waals surface area contributed by atoms with Crippen molar-refractivity contribution in [1.29, 1.82) is 0 Å². The zero-order chi connectivity index (χ0) is 14.7. The number of amides is 1. The van der Waals surface area contributed by atoms with Crippen LogP contribution in [0.2, 0.25) is 0 Å². The SMILES string of the molecule is COc1ccc(C(=O)Nc2nc(C(C)=O)cs2)c(N)c1. The number of thiazole rings is 1. The molecule has 3 N–H and O–H groups in total. The lowest BCUT2D eigenvalue weighted by Crippen LogP contribution is -2.14. The van der Waals surface area contributed by atoms with E-state index >= 15 is 0 Å². The quantitative estimate of drug-likeness (QED) is 0.665. The van der Waals surface area contributed by atoms with Crippen molar-refractivity contribution in [3.8, 4) is 5.75 Å². The van der Waals surface area contributed by atoms with E-state index < -0.39 is 0 Å². The smallest absolute Gasteiger partial charge is 0.259 e. The molecule has 2 rings (SSSR count). The molecule has 6 nitrogen and oxygen atoms in total. The zero-order valence-electron chi connectivity index (χ0n) is 11.0. The Morgan fingerprint density at radius 2 is 2.15 bits per heavy atom. The maximum Gasteiger partial charge on any atom is 0.259 e. The molecule has 104 valence electrons. The third kappa shape index (κ3) is 2.94. The van der Waals surface area contributed by atoms with Gasteiger partial charge < -0.3 is 10.5 Å². The highest BCUT2D eigenvalue weighted by atomic mass is 32.1. The van der Waals surface area contributed by atoms with Gasteiger partial charge in [-0.05, 0) is 12.1 Å². The Labute approximate surface area is 119 Å². The third-order valence-corrected chi connectivity index (χ3v) is 3.35. The van der Waals surface area contributed by atoms with Crippen molar-refractivity contribution in [2.75, 3.05) is 18.2 Å². The molecule has 1 aromatic heterocycles. The maximum absolute atomic E-state index is 12.1.